The zero-order valence-corrected chi connectivity index (χ0v) is 10.7. The Morgan fingerprint density at radius 1 is 1.47 bits per heavy atom. The first-order valence-electron chi connectivity index (χ1n) is 5.06. The Morgan fingerprint density at radius 3 is 2.80 bits per heavy atom. The van der Waals surface area contributed by atoms with Gasteiger partial charge in [-0.15, -0.1) is 11.6 Å². The van der Waals surface area contributed by atoms with E-state index in [9.17, 15) is 4.39 Å². The highest BCUT2D eigenvalue weighted by molar-refractivity contribution is 7.99. The van der Waals surface area contributed by atoms with Gasteiger partial charge in [0.2, 0.25) is 0 Å². The lowest BCUT2D eigenvalue weighted by atomic mass is 10.1. The highest BCUT2D eigenvalue weighted by Gasteiger charge is 2.04. The van der Waals surface area contributed by atoms with Crippen molar-refractivity contribution >= 4 is 23.4 Å². The highest BCUT2D eigenvalue weighted by atomic mass is 35.5. The fourth-order valence-electron chi connectivity index (χ4n) is 1.29. The van der Waals surface area contributed by atoms with Gasteiger partial charge in [-0.3, -0.25) is 0 Å². The summed E-state index contributed by atoms with van der Waals surface area (Å²) in [7, 11) is 0. The van der Waals surface area contributed by atoms with Crippen LogP contribution in [-0.2, 0) is 5.75 Å². The number of alkyl halides is 1. The molecule has 1 atom stereocenters. The second-order valence-corrected chi connectivity index (χ2v) is 5.47. The lowest BCUT2D eigenvalue weighted by Crippen LogP contribution is -1.98. The van der Waals surface area contributed by atoms with Gasteiger partial charge >= 0.3 is 0 Å². The Morgan fingerprint density at radius 2 is 2.20 bits per heavy atom. The Bertz CT molecular complexity index is 314. The molecule has 0 aliphatic carbocycles. The van der Waals surface area contributed by atoms with E-state index in [1.807, 2.05) is 24.8 Å². The van der Waals surface area contributed by atoms with E-state index in [1.165, 1.54) is 11.6 Å². The molecule has 0 amide bonds. The smallest absolute Gasteiger partial charge is 0.123 e. The van der Waals surface area contributed by atoms with Crippen molar-refractivity contribution in [3.8, 4) is 0 Å². The molecule has 0 heterocycles. The number of hydrogen-bond acceptors (Lipinski definition) is 1. The quantitative estimate of drug-likeness (QED) is 0.695. The molecule has 0 fully saturated rings. The molecule has 0 nitrogen and oxygen atoms in total. The number of aryl methyl sites for hydroxylation is 1. The highest BCUT2D eigenvalue weighted by Crippen LogP contribution is 2.22. The summed E-state index contributed by atoms with van der Waals surface area (Å²) in [6.07, 6.45) is 1.02. The van der Waals surface area contributed by atoms with Crippen molar-refractivity contribution in [3.63, 3.8) is 0 Å². The van der Waals surface area contributed by atoms with Crippen LogP contribution in [0.4, 0.5) is 4.39 Å². The molecule has 1 unspecified atom stereocenters. The maximum Gasteiger partial charge on any atom is 0.123 e. The second kappa shape index (κ2) is 6.39. The fraction of sp³-hybridized carbons (Fsp3) is 0.500. The van der Waals surface area contributed by atoms with Gasteiger partial charge in [0.15, 0.2) is 0 Å². The molecule has 1 aromatic rings. The van der Waals surface area contributed by atoms with Crippen LogP contribution in [0.5, 0.6) is 0 Å². The van der Waals surface area contributed by atoms with Gasteiger partial charge < -0.3 is 0 Å². The summed E-state index contributed by atoms with van der Waals surface area (Å²) in [6.45, 7) is 4.12. The summed E-state index contributed by atoms with van der Waals surface area (Å²) in [6, 6.07) is 4.97. The van der Waals surface area contributed by atoms with Gasteiger partial charge in [-0.1, -0.05) is 13.0 Å². The molecule has 0 aliphatic rings. The first-order valence-corrected chi connectivity index (χ1v) is 6.64. The van der Waals surface area contributed by atoms with E-state index in [0.717, 1.165) is 17.7 Å². The van der Waals surface area contributed by atoms with Crippen LogP contribution in [0.1, 0.15) is 24.5 Å². The molecule has 84 valence electrons. The molecule has 0 spiro atoms. The van der Waals surface area contributed by atoms with E-state index < -0.39 is 0 Å². The number of halogens is 2. The van der Waals surface area contributed by atoms with Gasteiger partial charge in [-0.2, -0.15) is 11.8 Å². The second-order valence-electron chi connectivity index (χ2n) is 3.67. The minimum atomic E-state index is -0.157. The van der Waals surface area contributed by atoms with Crippen LogP contribution in [0.3, 0.4) is 0 Å². The Kier molecular flexibility index (Phi) is 5.48. The van der Waals surface area contributed by atoms with Crippen LogP contribution in [0.25, 0.3) is 0 Å². The van der Waals surface area contributed by atoms with E-state index in [-0.39, 0.29) is 5.82 Å². The van der Waals surface area contributed by atoms with E-state index in [0.29, 0.717) is 11.1 Å². The van der Waals surface area contributed by atoms with Gasteiger partial charge in [0, 0.05) is 16.9 Å². The molecule has 0 radical (unpaired) electrons. The van der Waals surface area contributed by atoms with E-state index in [4.69, 9.17) is 11.6 Å². The van der Waals surface area contributed by atoms with E-state index >= 15 is 0 Å². The summed E-state index contributed by atoms with van der Waals surface area (Å²) >= 11 is 7.53. The largest absolute Gasteiger partial charge is 0.207 e. The van der Waals surface area contributed by atoms with Gasteiger partial charge in [-0.05, 0) is 36.6 Å². The standard InChI is InChI=1S/C12H16ClFS/c1-9-7-12(14)4-3-11(9)8-15-10(2)5-6-13/h3-4,7,10H,5-6,8H2,1-2H3. The fourth-order valence-corrected chi connectivity index (χ4v) is 2.82. The molecular weight excluding hydrogens is 231 g/mol. The molecule has 0 N–H and O–H groups in total. The summed E-state index contributed by atoms with van der Waals surface area (Å²) < 4.78 is 12.8. The van der Waals surface area contributed by atoms with Crippen LogP contribution >= 0.6 is 23.4 Å². The molecule has 0 saturated carbocycles. The van der Waals surface area contributed by atoms with Crippen LogP contribution in [0.2, 0.25) is 0 Å². The van der Waals surface area contributed by atoms with Crippen molar-refractivity contribution < 1.29 is 4.39 Å². The Hall–Kier alpha value is -0.210. The van der Waals surface area contributed by atoms with Crippen molar-refractivity contribution in [1.82, 2.24) is 0 Å². The molecule has 0 aliphatic heterocycles. The maximum absolute atomic E-state index is 12.8. The molecular formula is C12H16ClFS. The van der Waals surface area contributed by atoms with E-state index in [1.54, 1.807) is 6.07 Å². The molecule has 15 heavy (non-hydrogen) atoms. The van der Waals surface area contributed by atoms with Crippen molar-refractivity contribution in [2.24, 2.45) is 0 Å². The van der Waals surface area contributed by atoms with E-state index in [2.05, 4.69) is 6.92 Å². The minimum Gasteiger partial charge on any atom is -0.207 e. The van der Waals surface area contributed by atoms with Crippen molar-refractivity contribution in [1.29, 1.82) is 0 Å². The van der Waals surface area contributed by atoms with Crippen molar-refractivity contribution in [2.45, 2.75) is 31.3 Å². The van der Waals surface area contributed by atoms with Gasteiger partial charge in [0.1, 0.15) is 5.82 Å². The van der Waals surface area contributed by atoms with Gasteiger partial charge in [0.25, 0.3) is 0 Å². The first-order chi connectivity index (χ1) is 7.13. The first kappa shape index (κ1) is 12.9. The zero-order valence-electron chi connectivity index (χ0n) is 9.09. The van der Waals surface area contributed by atoms with Crippen LogP contribution in [0, 0.1) is 12.7 Å². The molecule has 0 aromatic heterocycles. The number of benzene rings is 1. The maximum atomic E-state index is 12.8. The summed E-state index contributed by atoms with van der Waals surface area (Å²) in [5.41, 5.74) is 2.24. The lowest BCUT2D eigenvalue weighted by Gasteiger charge is -2.10. The average Bonchev–Trinajstić information content (AvgIpc) is 2.17. The van der Waals surface area contributed by atoms with Crippen LogP contribution in [0.15, 0.2) is 18.2 Å². The number of rotatable bonds is 5. The zero-order chi connectivity index (χ0) is 11.3. The Balaban J connectivity index is 2.50. The minimum absolute atomic E-state index is 0.157. The van der Waals surface area contributed by atoms with Crippen molar-refractivity contribution in [2.75, 3.05) is 5.88 Å². The predicted octanol–water partition coefficient (Wildman–Crippen LogP) is 4.38. The lowest BCUT2D eigenvalue weighted by molar-refractivity contribution is 0.626. The third-order valence-corrected chi connectivity index (χ3v) is 3.84. The SMILES string of the molecule is Cc1cc(F)ccc1CSC(C)CCCl. The normalized spacial score (nSPS) is 12.8. The van der Waals surface area contributed by atoms with Crippen LogP contribution < -0.4 is 0 Å². The molecule has 0 saturated heterocycles. The Labute approximate surface area is 100 Å². The molecule has 0 bridgehead atoms. The number of hydrogen-bond donors (Lipinski definition) is 0. The summed E-state index contributed by atoms with van der Waals surface area (Å²) in [5, 5.41) is 0.562. The molecule has 1 rings (SSSR count). The predicted molar refractivity (Wildman–Crippen MR) is 67.2 cm³/mol. The van der Waals surface area contributed by atoms with Gasteiger partial charge in [-0.25, -0.2) is 4.39 Å². The van der Waals surface area contributed by atoms with Crippen molar-refractivity contribution in [3.05, 3.63) is 35.1 Å². The average molecular weight is 247 g/mol. The third-order valence-electron chi connectivity index (χ3n) is 2.34. The number of thioether (sulfide) groups is 1. The van der Waals surface area contributed by atoms with Crippen LogP contribution in [-0.4, -0.2) is 11.1 Å². The molecule has 1 aromatic carbocycles. The summed E-state index contributed by atoms with van der Waals surface area (Å²) in [4.78, 5) is 0. The van der Waals surface area contributed by atoms with Gasteiger partial charge in [0.05, 0.1) is 0 Å². The third kappa shape index (κ3) is 4.43. The molecule has 3 heteroatoms. The monoisotopic (exact) mass is 246 g/mol. The summed E-state index contributed by atoms with van der Waals surface area (Å²) in [5.74, 6) is 1.48. The topological polar surface area (TPSA) is 0 Å².